The van der Waals surface area contributed by atoms with Crippen molar-refractivity contribution in [2.45, 2.75) is 16.7 Å². The van der Waals surface area contributed by atoms with Crippen molar-refractivity contribution in [2.24, 2.45) is 20.5 Å². The van der Waals surface area contributed by atoms with E-state index in [1.165, 1.54) is 29.5 Å². The smallest absolute Gasteiger partial charge is 0.284 e. The molecule has 206 valence electrons. The van der Waals surface area contributed by atoms with Crippen LogP contribution in [-0.2, 0) is 20.2 Å². The second-order valence-corrected chi connectivity index (χ2v) is 11.3. The van der Waals surface area contributed by atoms with Crippen LogP contribution in [0.1, 0.15) is 11.1 Å². The van der Waals surface area contributed by atoms with Crippen molar-refractivity contribution in [3.05, 3.63) is 88.2 Å². The predicted molar refractivity (Wildman–Crippen MR) is 142 cm³/mol. The number of rotatable bonds is 6. The molecular weight excluding hydrogens is 574 g/mol. The highest BCUT2D eigenvalue weighted by Gasteiger charge is 2.19. The van der Waals surface area contributed by atoms with Crippen LogP contribution in [0.2, 0.25) is 0 Å². The topological polar surface area (TPSA) is 225 Å². The molecule has 0 bridgehead atoms. The number of aromatic nitrogens is 2. The SMILES string of the molecule is Cc1c(N=Nc2ccc(N=Nc3ccc(S(=O)(=O)[O-])cc3)cc2S(=O)(=O)[O-])c(=O)n2c([nH]c3ccccc32)c1C#N. The molecular formula is C25H15N7O7S2-2. The summed E-state index contributed by atoms with van der Waals surface area (Å²) < 4.78 is 70.5. The Hall–Kier alpha value is -5.08. The van der Waals surface area contributed by atoms with E-state index in [-0.39, 0.29) is 39.5 Å². The van der Waals surface area contributed by atoms with Crippen LogP contribution in [-0.4, -0.2) is 35.3 Å². The Morgan fingerprint density at radius 1 is 0.854 bits per heavy atom. The number of nitrogens with zero attached hydrogens (tertiary/aromatic N) is 6. The quantitative estimate of drug-likeness (QED) is 0.217. The first-order chi connectivity index (χ1) is 19.4. The van der Waals surface area contributed by atoms with Gasteiger partial charge in [0.05, 0.1) is 37.8 Å². The molecule has 0 radical (unpaired) electrons. The van der Waals surface area contributed by atoms with Crippen LogP contribution in [0.15, 0.2) is 102 Å². The van der Waals surface area contributed by atoms with E-state index in [1.807, 2.05) is 6.07 Å². The number of fused-ring (bicyclic) bond motifs is 3. The van der Waals surface area contributed by atoms with Gasteiger partial charge in [0.1, 0.15) is 37.6 Å². The van der Waals surface area contributed by atoms with E-state index >= 15 is 0 Å². The van der Waals surface area contributed by atoms with E-state index in [4.69, 9.17) is 0 Å². The number of hydrogen-bond donors (Lipinski definition) is 1. The molecule has 2 heterocycles. The van der Waals surface area contributed by atoms with E-state index < -0.39 is 35.6 Å². The molecule has 16 heteroatoms. The Labute approximate surface area is 231 Å². The van der Waals surface area contributed by atoms with Crippen LogP contribution < -0.4 is 5.56 Å². The molecule has 2 aromatic heterocycles. The molecule has 0 aliphatic rings. The summed E-state index contributed by atoms with van der Waals surface area (Å²) in [4.78, 5) is 15.1. The van der Waals surface area contributed by atoms with Gasteiger partial charge in [0.25, 0.3) is 5.56 Å². The lowest BCUT2D eigenvalue weighted by molar-refractivity contribution is 0.461. The average molecular weight is 590 g/mol. The van der Waals surface area contributed by atoms with Gasteiger partial charge in [-0.15, -0.1) is 10.2 Å². The zero-order chi connectivity index (χ0) is 29.5. The van der Waals surface area contributed by atoms with Gasteiger partial charge in [-0.1, -0.05) is 12.1 Å². The maximum atomic E-state index is 13.4. The highest BCUT2D eigenvalue weighted by molar-refractivity contribution is 7.86. The standard InChI is InChI=1S/C25H17N7O7S2/c1-14-18(13-26)24-27-19-4-2-3-5-21(19)32(24)25(33)23(14)31-30-20-11-8-16(12-22(20)41(37,38)39)29-28-15-6-9-17(10-7-15)40(34,35)36/h2-12,27H,1H3,(H,34,35,36)(H,37,38,39)/p-2. The van der Waals surface area contributed by atoms with Gasteiger partial charge in [-0.05, 0) is 61.5 Å². The van der Waals surface area contributed by atoms with Gasteiger partial charge in [0.15, 0.2) is 5.69 Å². The van der Waals surface area contributed by atoms with Gasteiger partial charge in [0.2, 0.25) is 0 Å². The summed E-state index contributed by atoms with van der Waals surface area (Å²) in [5, 5.41) is 25.2. The van der Waals surface area contributed by atoms with Crippen LogP contribution in [0, 0.1) is 18.3 Å². The van der Waals surface area contributed by atoms with Gasteiger partial charge in [-0.3, -0.25) is 9.20 Å². The Morgan fingerprint density at radius 2 is 1.51 bits per heavy atom. The number of nitrogens with one attached hydrogen (secondary N) is 1. The molecule has 0 saturated heterocycles. The van der Waals surface area contributed by atoms with Crippen LogP contribution >= 0.6 is 0 Å². The summed E-state index contributed by atoms with van der Waals surface area (Å²) in [6.45, 7) is 1.49. The molecule has 0 aliphatic carbocycles. The average Bonchev–Trinajstić information content (AvgIpc) is 3.31. The monoisotopic (exact) mass is 589 g/mol. The van der Waals surface area contributed by atoms with E-state index in [0.29, 0.717) is 11.0 Å². The zero-order valence-electron chi connectivity index (χ0n) is 20.7. The minimum atomic E-state index is -5.10. The first-order valence-corrected chi connectivity index (χ1v) is 14.3. The van der Waals surface area contributed by atoms with Crippen LogP contribution in [0.25, 0.3) is 16.7 Å². The molecule has 0 saturated carbocycles. The summed E-state index contributed by atoms with van der Waals surface area (Å²) in [6.07, 6.45) is 0. The Morgan fingerprint density at radius 3 is 2.17 bits per heavy atom. The van der Waals surface area contributed by atoms with E-state index in [0.717, 1.165) is 24.3 Å². The molecule has 0 fully saturated rings. The zero-order valence-corrected chi connectivity index (χ0v) is 22.3. The van der Waals surface area contributed by atoms with Crippen molar-refractivity contribution < 1.29 is 25.9 Å². The molecule has 0 aliphatic heterocycles. The van der Waals surface area contributed by atoms with Gasteiger partial charge < -0.3 is 14.1 Å². The molecule has 1 N–H and O–H groups in total. The number of aromatic amines is 1. The minimum absolute atomic E-state index is 0.0675. The number of benzene rings is 3. The Balaban J connectivity index is 1.56. The van der Waals surface area contributed by atoms with Crippen LogP contribution in [0.3, 0.4) is 0 Å². The molecule has 5 aromatic rings. The van der Waals surface area contributed by atoms with Gasteiger partial charge >= 0.3 is 0 Å². The molecule has 0 spiro atoms. The lowest BCUT2D eigenvalue weighted by Crippen LogP contribution is -2.14. The van der Waals surface area contributed by atoms with Crippen molar-refractivity contribution in [1.29, 1.82) is 5.26 Å². The number of para-hydroxylation sites is 2. The van der Waals surface area contributed by atoms with Gasteiger partial charge in [-0.25, -0.2) is 16.8 Å². The number of nitriles is 1. The van der Waals surface area contributed by atoms with Crippen molar-refractivity contribution in [3.63, 3.8) is 0 Å². The van der Waals surface area contributed by atoms with Crippen LogP contribution in [0.5, 0.6) is 0 Å². The summed E-state index contributed by atoms with van der Waals surface area (Å²) in [5.41, 5.74) is 0.515. The normalized spacial score (nSPS) is 12.5. The van der Waals surface area contributed by atoms with Crippen molar-refractivity contribution in [2.75, 3.05) is 0 Å². The molecule has 0 amide bonds. The third-order valence-electron chi connectivity index (χ3n) is 5.98. The van der Waals surface area contributed by atoms with E-state index in [1.54, 1.807) is 24.3 Å². The predicted octanol–water partition coefficient (Wildman–Crippen LogP) is 4.60. The maximum absolute atomic E-state index is 13.4. The third-order valence-corrected chi connectivity index (χ3v) is 7.70. The number of azo groups is 2. The highest BCUT2D eigenvalue weighted by Crippen LogP contribution is 2.32. The minimum Gasteiger partial charge on any atom is -0.744 e. The third kappa shape index (κ3) is 5.25. The molecule has 41 heavy (non-hydrogen) atoms. The lowest BCUT2D eigenvalue weighted by atomic mass is 10.1. The van der Waals surface area contributed by atoms with Crippen molar-refractivity contribution in [1.82, 2.24) is 9.38 Å². The fourth-order valence-corrected chi connectivity index (χ4v) is 5.13. The number of imidazole rings is 1. The molecule has 0 unspecified atom stereocenters. The number of H-pyrrole nitrogens is 1. The van der Waals surface area contributed by atoms with Gasteiger partial charge in [0, 0.05) is 5.56 Å². The molecule has 5 rings (SSSR count). The summed E-state index contributed by atoms with van der Waals surface area (Å²) in [6, 6.07) is 16.7. The van der Waals surface area contributed by atoms with Crippen molar-refractivity contribution >= 4 is 59.7 Å². The molecule has 0 atom stereocenters. The maximum Gasteiger partial charge on any atom is 0.284 e. The second-order valence-electron chi connectivity index (χ2n) is 8.55. The van der Waals surface area contributed by atoms with Gasteiger partial charge in [-0.2, -0.15) is 15.5 Å². The molecule has 3 aromatic carbocycles. The lowest BCUT2D eigenvalue weighted by Gasteiger charge is -2.10. The first kappa shape index (κ1) is 27.5. The van der Waals surface area contributed by atoms with E-state index in [2.05, 4.69) is 25.4 Å². The number of hydrogen-bond acceptors (Lipinski definition) is 12. The fraction of sp³-hybridized carbons (Fsp3) is 0.0400. The second kappa shape index (κ2) is 10.1. The Bertz CT molecular complexity index is 2250. The highest BCUT2D eigenvalue weighted by atomic mass is 32.2. The largest absolute Gasteiger partial charge is 0.744 e. The van der Waals surface area contributed by atoms with E-state index in [9.17, 15) is 36.0 Å². The fourth-order valence-electron chi connectivity index (χ4n) is 4.03. The number of pyridine rings is 1. The summed E-state index contributed by atoms with van der Waals surface area (Å²) in [7, 11) is -9.75. The molecule has 14 nitrogen and oxygen atoms in total. The Kier molecular flexibility index (Phi) is 6.80. The summed E-state index contributed by atoms with van der Waals surface area (Å²) in [5.74, 6) is 0. The first-order valence-electron chi connectivity index (χ1n) is 11.4. The van der Waals surface area contributed by atoms with Crippen LogP contribution in [0.4, 0.5) is 22.7 Å². The summed E-state index contributed by atoms with van der Waals surface area (Å²) >= 11 is 0. The van der Waals surface area contributed by atoms with Crippen molar-refractivity contribution in [3.8, 4) is 6.07 Å².